The lowest BCUT2D eigenvalue weighted by Crippen LogP contribution is -2.15. The van der Waals surface area contributed by atoms with E-state index < -0.39 is 22.7 Å². The van der Waals surface area contributed by atoms with Gasteiger partial charge in [-0.3, -0.25) is 14.8 Å². The number of nitro groups is 1. The van der Waals surface area contributed by atoms with E-state index in [1.165, 1.54) is 35.5 Å². The molecule has 0 saturated heterocycles. The first kappa shape index (κ1) is 17.6. The molecule has 0 spiro atoms. The normalized spacial score (nSPS) is 12.1. The van der Waals surface area contributed by atoms with Gasteiger partial charge in [-0.25, -0.2) is 13.8 Å². The maximum absolute atomic E-state index is 14.2. The van der Waals surface area contributed by atoms with Gasteiger partial charge in [0.05, 0.1) is 18.1 Å². The van der Waals surface area contributed by atoms with Gasteiger partial charge >= 0.3 is 0 Å². The summed E-state index contributed by atoms with van der Waals surface area (Å²) < 4.78 is 34.6. The molecule has 0 aliphatic heterocycles. The number of hydrogen-bond donors (Lipinski definition) is 0. The molecule has 3 aromatic rings. The van der Waals surface area contributed by atoms with Crippen LogP contribution in [0.25, 0.3) is 0 Å². The smallest absolute Gasteiger partial charge is 0.269 e. The first-order chi connectivity index (χ1) is 12.5. The van der Waals surface area contributed by atoms with Crippen LogP contribution in [0.1, 0.15) is 17.2 Å². The highest BCUT2D eigenvalue weighted by Crippen LogP contribution is 2.25. The highest BCUT2D eigenvalue weighted by atomic mass is 19.1. The third-order valence-electron chi connectivity index (χ3n) is 3.73. The maximum atomic E-state index is 14.2. The van der Waals surface area contributed by atoms with Gasteiger partial charge in [0, 0.05) is 23.8 Å². The summed E-state index contributed by atoms with van der Waals surface area (Å²) in [7, 11) is 0. The third kappa shape index (κ3) is 4.25. The van der Waals surface area contributed by atoms with Crippen molar-refractivity contribution in [2.75, 3.05) is 0 Å². The Balaban J connectivity index is 1.78. The molecule has 0 bridgehead atoms. The third-order valence-corrected chi connectivity index (χ3v) is 3.73. The lowest BCUT2D eigenvalue weighted by molar-refractivity contribution is -0.384. The van der Waals surface area contributed by atoms with Crippen LogP contribution in [-0.2, 0) is 17.9 Å². The molecule has 9 heteroatoms. The topological polar surface area (TPSA) is 83.1 Å². The molecule has 134 valence electrons. The second kappa shape index (κ2) is 7.79. The summed E-state index contributed by atoms with van der Waals surface area (Å²) in [5, 5.41) is 14.7. The maximum Gasteiger partial charge on any atom is 0.269 e. The van der Waals surface area contributed by atoms with E-state index in [4.69, 9.17) is 4.74 Å². The van der Waals surface area contributed by atoms with Crippen molar-refractivity contribution >= 4 is 5.69 Å². The number of rotatable bonds is 7. The highest BCUT2D eigenvalue weighted by Gasteiger charge is 2.19. The Morgan fingerprint density at radius 3 is 2.58 bits per heavy atom. The van der Waals surface area contributed by atoms with Crippen molar-refractivity contribution < 1.29 is 18.4 Å². The van der Waals surface area contributed by atoms with E-state index in [9.17, 15) is 18.9 Å². The minimum Gasteiger partial charge on any atom is -0.367 e. The van der Waals surface area contributed by atoms with Gasteiger partial charge in [0.15, 0.2) is 0 Å². The first-order valence-electron chi connectivity index (χ1n) is 7.65. The summed E-state index contributed by atoms with van der Waals surface area (Å²) in [5.74, 6) is -1.40. The van der Waals surface area contributed by atoms with Crippen LogP contribution in [0.15, 0.2) is 55.1 Å². The van der Waals surface area contributed by atoms with E-state index in [2.05, 4.69) is 10.1 Å². The number of non-ortho nitro benzene ring substituents is 1. The van der Waals surface area contributed by atoms with Crippen molar-refractivity contribution in [2.45, 2.75) is 19.3 Å². The van der Waals surface area contributed by atoms with Gasteiger partial charge in [-0.2, -0.15) is 5.10 Å². The largest absolute Gasteiger partial charge is 0.367 e. The molecule has 0 aliphatic rings. The Morgan fingerprint density at radius 1 is 1.19 bits per heavy atom. The molecule has 0 amide bonds. The van der Waals surface area contributed by atoms with Crippen molar-refractivity contribution in [1.82, 2.24) is 14.8 Å². The van der Waals surface area contributed by atoms with Crippen molar-refractivity contribution in [3.05, 3.63) is 88.0 Å². The summed E-state index contributed by atoms with van der Waals surface area (Å²) in [4.78, 5) is 14.0. The monoisotopic (exact) mass is 360 g/mol. The highest BCUT2D eigenvalue weighted by molar-refractivity contribution is 5.32. The minimum absolute atomic E-state index is 0.0301. The molecular formula is C17H14F2N4O3. The van der Waals surface area contributed by atoms with E-state index in [0.29, 0.717) is 5.56 Å². The molecule has 0 saturated carbocycles. The molecule has 0 radical (unpaired) electrons. The Hall–Kier alpha value is -3.20. The molecule has 1 heterocycles. The zero-order valence-electron chi connectivity index (χ0n) is 13.5. The first-order valence-corrected chi connectivity index (χ1v) is 7.65. The predicted octanol–water partition coefficient (Wildman–Crippen LogP) is 3.42. The number of aromatic nitrogens is 3. The van der Waals surface area contributed by atoms with Gasteiger partial charge in [0.2, 0.25) is 0 Å². The van der Waals surface area contributed by atoms with E-state index in [1.807, 2.05) is 0 Å². The molecule has 1 unspecified atom stereocenters. The van der Waals surface area contributed by atoms with Crippen LogP contribution in [0.5, 0.6) is 0 Å². The predicted molar refractivity (Wildman–Crippen MR) is 87.0 cm³/mol. The molecule has 0 N–H and O–H groups in total. The molecular weight excluding hydrogens is 346 g/mol. The van der Waals surface area contributed by atoms with Crippen LogP contribution in [0.3, 0.4) is 0 Å². The van der Waals surface area contributed by atoms with E-state index in [1.54, 1.807) is 12.1 Å². The van der Waals surface area contributed by atoms with Gasteiger partial charge in [-0.05, 0) is 23.8 Å². The van der Waals surface area contributed by atoms with E-state index in [-0.39, 0.29) is 24.4 Å². The van der Waals surface area contributed by atoms with Gasteiger partial charge in [-0.1, -0.05) is 6.07 Å². The number of ether oxygens (including phenoxy) is 1. The number of hydrogen-bond acceptors (Lipinski definition) is 5. The Bertz CT molecular complexity index is 886. The Labute approximate surface area is 147 Å². The quantitative estimate of drug-likeness (QED) is 0.476. The van der Waals surface area contributed by atoms with Crippen molar-refractivity contribution in [3.8, 4) is 0 Å². The number of halogens is 2. The summed E-state index contributed by atoms with van der Waals surface area (Å²) in [6, 6.07) is 9.12. The lowest BCUT2D eigenvalue weighted by Gasteiger charge is -2.19. The standard InChI is InChI=1S/C17H14F2N4O3/c18-13-3-6-15(16(19)7-13)17(8-22-11-20-10-21-22)26-9-12-1-4-14(5-2-12)23(24)25/h1-7,10-11,17H,8-9H2. The second-order valence-corrected chi connectivity index (χ2v) is 5.51. The molecule has 26 heavy (non-hydrogen) atoms. The zero-order chi connectivity index (χ0) is 18.5. The molecule has 3 rings (SSSR count). The molecule has 0 aliphatic carbocycles. The summed E-state index contributed by atoms with van der Waals surface area (Å²) in [5.41, 5.74) is 0.836. The molecule has 0 fully saturated rings. The number of nitro benzene ring substituents is 1. The lowest BCUT2D eigenvalue weighted by atomic mass is 10.1. The van der Waals surface area contributed by atoms with Crippen LogP contribution < -0.4 is 0 Å². The molecule has 1 aromatic heterocycles. The van der Waals surface area contributed by atoms with E-state index in [0.717, 1.165) is 12.1 Å². The average molecular weight is 360 g/mol. The fourth-order valence-corrected chi connectivity index (χ4v) is 2.41. The Morgan fingerprint density at radius 2 is 1.96 bits per heavy atom. The van der Waals surface area contributed by atoms with Crippen LogP contribution in [0, 0.1) is 21.7 Å². The zero-order valence-corrected chi connectivity index (χ0v) is 13.5. The van der Waals surface area contributed by atoms with Crippen molar-refractivity contribution in [3.63, 3.8) is 0 Å². The van der Waals surface area contributed by atoms with Gasteiger partial charge in [-0.15, -0.1) is 0 Å². The SMILES string of the molecule is O=[N+]([O-])c1ccc(COC(Cn2cncn2)c2ccc(F)cc2F)cc1. The van der Waals surface area contributed by atoms with Crippen molar-refractivity contribution in [1.29, 1.82) is 0 Å². The van der Waals surface area contributed by atoms with Crippen molar-refractivity contribution in [2.24, 2.45) is 0 Å². The van der Waals surface area contributed by atoms with E-state index >= 15 is 0 Å². The van der Waals surface area contributed by atoms with Crippen LogP contribution >= 0.6 is 0 Å². The van der Waals surface area contributed by atoms with Gasteiger partial charge < -0.3 is 4.74 Å². The molecule has 2 aromatic carbocycles. The summed E-state index contributed by atoms with van der Waals surface area (Å²) in [6.07, 6.45) is 2.06. The fourth-order valence-electron chi connectivity index (χ4n) is 2.41. The summed E-state index contributed by atoms with van der Waals surface area (Å²) >= 11 is 0. The fraction of sp³-hybridized carbons (Fsp3) is 0.176. The van der Waals surface area contributed by atoms with Gasteiger partial charge in [0.1, 0.15) is 30.4 Å². The Kier molecular flexibility index (Phi) is 5.28. The van der Waals surface area contributed by atoms with Crippen LogP contribution in [0.2, 0.25) is 0 Å². The minimum atomic E-state index is -0.743. The molecule has 7 nitrogen and oxygen atoms in total. The van der Waals surface area contributed by atoms with Crippen LogP contribution in [0.4, 0.5) is 14.5 Å². The number of nitrogens with zero attached hydrogens (tertiary/aromatic N) is 4. The second-order valence-electron chi connectivity index (χ2n) is 5.51. The van der Waals surface area contributed by atoms with Crippen LogP contribution in [-0.4, -0.2) is 19.7 Å². The average Bonchev–Trinajstić information content (AvgIpc) is 3.12. The molecule has 1 atom stereocenters. The number of benzene rings is 2. The van der Waals surface area contributed by atoms with Gasteiger partial charge in [0.25, 0.3) is 5.69 Å². The summed E-state index contributed by atoms with van der Waals surface area (Å²) in [6.45, 7) is 0.268.